The topological polar surface area (TPSA) is 105 Å². The van der Waals surface area contributed by atoms with Gasteiger partial charge in [-0.3, -0.25) is 13.8 Å². The van der Waals surface area contributed by atoms with Crippen LogP contribution in [0.1, 0.15) is 219 Å². The number of unbranched alkanes of at least 4 members (excludes halogenated alkanes) is 24. The Morgan fingerprint density at radius 3 is 1.47 bits per heavy atom. The Bertz CT molecular complexity index is 1120. The van der Waals surface area contributed by atoms with Crippen LogP contribution >= 0.6 is 7.82 Å². The molecule has 0 saturated heterocycles. The molecule has 3 N–H and O–H groups in total. The number of phosphoric ester groups is 1. The second kappa shape index (κ2) is 42.7. The van der Waals surface area contributed by atoms with Crippen molar-refractivity contribution in [3.8, 4) is 0 Å². The number of quaternary nitrogens is 1. The van der Waals surface area contributed by atoms with Gasteiger partial charge < -0.3 is 19.8 Å². The first-order valence-electron chi connectivity index (χ1n) is 25.0. The van der Waals surface area contributed by atoms with Gasteiger partial charge in [0.25, 0.3) is 0 Å². The van der Waals surface area contributed by atoms with E-state index < -0.39 is 20.0 Å². The quantitative estimate of drug-likeness (QED) is 0.0244. The molecule has 0 fully saturated rings. The zero-order valence-electron chi connectivity index (χ0n) is 39.9. The fraction of sp³-hybridized carbons (Fsp3) is 0.824. The van der Waals surface area contributed by atoms with Crippen LogP contribution in [0.3, 0.4) is 0 Å². The van der Waals surface area contributed by atoms with Crippen molar-refractivity contribution in [2.45, 2.75) is 231 Å². The summed E-state index contributed by atoms with van der Waals surface area (Å²) in [5.74, 6) is -0.147. The van der Waals surface area contributed by atoms with Crippen molar-refractivity contribution in [1.82, 2.24) is 5.32 Å². The van der Waals surface area contributed by atoms with Gasteiger partial charge in [0.15, 0.2) is 0 Å². The molecule has 0 aromatic carbocycles. The lowest BCUT2D eigenvalue weighted by molar-refractivity contribution is -0.870. The van der Waals surface area contributed by atoms with Gasteiger partial charge in [-0.05, 0) is 51.4 Å². The Morgan fingerprint density at radius 2 is 1.00 bits per heavy atom. The normalized spacial score (nSPS) is 14.6. The van der Waals surface area contributed by atoms with Gasteiger partial charge in [0.05, 0.1) is 39.9 Å². The number of carbonyl (C=O) groups excluding carboxylic acids is 1. The molecule has 0 radical (unpaired) electrons. The summed E-state index contributed by atoms with van der Waals surface area (Å²) >= 11 is 0. The zero-order valence-corrected chi connectivity index (χ0v) is 40.8. The van der Waals surface area contributed by atoms with Crippen molar-refractivity contribution in [2.24, 2.45) is 0 Å². The van der Waals surface area contributed by atoms with Crippen molar-refractivity contribution in [3.63, 3.8) is 0 Å². The van der Waals surface area contributed by atoms with Crippen molar-refractivity contribution in [3.05, 3.63) is 48.6 Å². The van der Waals surface area contributed by atoms with Gasteiger partial charge >= 0.3 is 7.82 Å². The maximum absolute atomic E-state index is 12.9. The number of phosphoric acid groups is 1. The third kappa shape index (κ3) is 44.5. The van der Waals surface area contributed by atoms with Crippen LogP contribution in [0.5, 0.6) is 0 Å². The number of amides is 1. The minimum atomic E-state index is -4.31. The number of hydrogen-bond acceptors (Lipinski definition) is 5. The first-order valence-corrected chi connectivity index (χ1v) is 26.5. The standard InChI is InChI=1S/C51H97N2O6P/c1-6-8-10-12-14-16-17-18-19-20-21-22-23-24-25-26-27-28-29-30-31-32-33-34-35-37-39-41-43-45-51(55)52-49(48-59-60(56,57)58-47-46-53(3,4)5)50(54)44-42-40-38-36-15-13-11-9-7-2/h8,10,14,16,18-19,21-22,49-50,54H,6-7,9,11-13,15,17,20,23-48H2,1-5H3,(H-,52,55,56,57)/p+1/b10-8-,16-14-,19-18-,22-21-. The smallest absolute Gasteiger partial charge is 0.391 e. The predicted octanol–water partition coefficient (Wildman–Crippen LogP) is 14.4. The summed E-state index contributed by atoms with van der Waals surface area (Å²) in [5.41, 5.74) is 0. The number of rotatable bonds is 45. The molecule has 0 aliphatic carbocycles. The number of allylic oxidation sites excluding steroid dienone is 8. The number of aliphatic hydroxyl groups excluding tert-OH is 1. The molecule has 0 spiro atoms. The van der Waals surface area contributed by atoms with E-state index in [1.54, 1.807) is 0 Å². The molecule has 0 aromatic heterocycles. The summed E-state index contributed by atoms with van der Waals surface area (Å²) in [4.78, 5) is 23.1. The van der Waals surface area contributed by atoms with Gasteiger partial charge in [0.2, 0.25) is 5.91 Å². The SMILES string of the molecule is CC/C=C\C/C=C\C/C=C\C/C=C\CCCCCCCCCCCCCCCCCCC(=O)NC(COP(=O)(O)OCC[N+](C)(C)C)C(O)CCCCCCCCCCC. The van der Waals surface area contributed by atoms with Crippen molar-refractivity contribution < 1.29 is 32.9 Å². The van der Waals surface area contributed by atoms with Crippen molar-refractivity contribution >= 4 is 13.7 Å². The van der Waals surface area contributed by atoms with E-state index >= 15 is 0 Å². The Balaban J connectivity index is 4.02. The van der Waals surface area contributed by atoms with Crippen LogP contribution in [0.4, 0.5) is 0 Å². The maximum Gasteiger partial charge on any atom is 0.472 e. The fourth-order valence-electron chi connectivity index (χ4n) is 7.16. The van der Waals surface area contributed by atoms with Crippen LogP contribution < -0.4 is 5.32 Å². The van der Waals surface area contributed by atoms with Crippen LogP contribution in [0, 0.1) is 0 Å². The molecule has 1 amide bonds. The zero-order chi connectivity index (χ0) is 44.3. The minimum absolute atomic E-state index is 0.0743. The molecule has 8 nitrogen and oxygen atoms in total. The molecule has 0 saturated carbocycles. The molecule has 0 aromatic rings. The highest BCUT2D eigenvalue weighted by Gasteiger charge is 2.28. The molecule has 60 heavy (non-hydrogen) atoms. The van der Waals surface area contributed by atoms with Crippen LogP contribution in [0.25, 0.3) is 0 Å². The van der Waals surface area contributed by atoms with Gasteiger partial charge in [-0.25, -0.2) is 4.57 Å². The number of nitrogens with one attached hydrogen (secondary N) is 1. The fourth-order valence-corrected chi connectivity index (χ4v) is 7.89. The number of carbonyl (C=O) groups is 1. The Morgan fingerprint density at radius 1 is 0.583 bits per heavy atom. The summed E-state index contributed by atoms with van der Waals surface area (Å²) < 4.78 is 23.6. The Kier molecular flexibility index (Phi) is 41.6. The first kappa shape index (κ1) is 58.5. The summed E-state index contributed by atoms with van der Waals surface area (Å²) in [7, 11) is 1.61. The lowest BCUT2D eigenvalue weighted by Crippen LogP contribution is -2.46. The maximum atomic E-state index is 12.9. The van der Waals surface area contributed by atoms with E-state index in [-0.39, 0.29) is 19.1 Å². The summed E-state index contributed by atoms with van der Waals surface area (Å²) in [6, 6.07) is -0.758. The average molecular weight is 866 g/mol. The van der Waals surface area contributed by atoms with Crippen LogP contribution in [-0.4, -0.2) is 73.4 Å². The molecule has 352 valence electrons. The lowest BCUT2D eigenvalue weighted by atomic mass is 10.0. The summed E-state index contributed by atoms with van der Waals surface area (Å²) in [6.07, 6.45) is 54.5. The van der Waals surface area contributed by atoms with E-state index in [1.807, 2.05) is 21.1 Å². The Labute approximate surface area is 371 Å². The minimum Gasteiger partial charge on any atom is -0.391 e. The molecule has 0 heterocycles. The highest BCUT2D eigenvalue weighted by atomic mass is 31.2. The molecule has 3 atom stereocenters. The molecule has 0 aliphatic rings. The van der Waals surface area contributed by atoms with Crippen LogP contribution in [-0.2, 0) is 18.4 Å². The highest BCUT2D eigenvalue weighted by molar-refractivity contribution is 7.47. The number of likely N-dealkylation sites (N-methyl/N-ethyl adjacent to an activating group) is 1. The second-order valence-corrected chi connectivity index (χ2v) is 19.6. The average Bonchev–Trinajstić information content (AvgIpc) is 3.20. The van der Waals surface area contributed by atoms with E-state index in [2.05, 4.69) is 67.8 Å². The number of aliphatic hydroxyl groups is 1. The van der Waals surface area contributed by atoms with Crippen LogP contribution in [0.2, 0.25) is 0 Å². The van der Waals surface area contributed by atoms with E-state index in [9.17, 15) is 19.4 Å². The lowest BCUT2D eigenvalue weighted by Gasteiger charge is -2.26. The van der Waals surface area contributed by atoms with Gasteiger partial charge in [-0.1, -0.05) is 210 Å². The highest BCUT2D eigenvalue weighted by Crippen LogP contribution is 2.43. The predicted molar refractivity (Wildman–Crippen MR) is 258 cm³/mol. The summed E-state index contributed by atoms with van der Waals surface area (Å²) in [6.45, 7) is 4.75. The largest absolute Gasteiger partial charge is 0.472 e. The number of nitrogens with zero attached hydrogens (tertiary/aromatic N) is 1. The third-order valence-electron chi connectivity index (χ3n) is 11.1. The molecular weight excluding hydrogens is 768 g/mol. The van der Waals surface area contributed by atoms with Gasteiger partial charge in [-0.15, -0.1) is 0 Å². The Hall–Kier alpha value is -1.54. The van der Waals surface area contributed by atoms with Crippen LogP contribution in [0.15, 0.2) is 48.6 Å². The first-order chi connectivity index (χ1) is 29.0. The third-order valence-corrected chi connectivity index (χ3v) is 12.1. The second-order valence-electron chi connectivity index (χ2n) is 18.2. The van der Waals surface area contributed by atoms with Crippen molar-refractivity contribution in [1.29, 1.82) is 0 Å². The number of hydrogen-bond donors (Lipinski definition) is 3. The summed E-state index contributed by atoms with van der Waals surface area (Å²) in [5, 5.41) is 13.9. The molecule has 0 rings (SSSR count). The molecule has 0 bridgehead atoms. The van der Waals surface area contributed by atoms with Gasteiger partial charge in [0.1, 0.15) is 13.2 Å². The molecule has 3 unspecified atom stereocenters. The van der Waals surface area contributed by atoms with E-state index in [0.29, 0.717) is 23.9 Å². The molecular formula is C51H98N2O6P+. The van der Waals surface area contributed by atoms with E-state index in [4.69, 9.17) is 9.05 Å². The monoisotopic (exact) mass is 866 g/mol. The van der Waals surface area contributed by atoms with E-state index in [0.717, 1.165) is 64.2 Å². The van der Waals surface area contributed by atoms with Gasteiger partial charge in [0, 0.05) is 6.42 Å². The molecule has 0 aliphatic heterocycles. The van der Waals surface area contributed by atoms with Crippen molar-refractivity contribution in [2.75, 3.05) is 40.9 Å². The van der Waals surface area contributed by atoms with E-state index in [1.165, 1.54) is 128 Å². The van der Waals surface area contributed by atoms with Gasteiger partial charge in [-0.2, -0.15) is 0 Å². The molecule has 9 heteroatoms.